The second kappa shape index (κ2) is 8.74. The highest BCUT2D eigenvalue weighted by Crippen LogP contribution is 2.32. The molecule has 0 spiro atoms. The molecule has 2 unspecified atom stereocenters. The summed E-state index contributed by atoms with van der Waals surface area (Å²) in [4.78, 5) is 26.3. The van der Waals surface area contributed by atoms with Crippen LogP contribution in [0, 0.1) is 12.3 Å². The van der Waals surface area contributed by atoms with Gasteiger partial charge in [0.25, 0.3) is 5.91 Å². The average molecular weight is 377 g/mol. The van der Waals surface area contributed by atoms with Crippen molar-refractivity contribution >= 4 is 11.9 Å². The second-order valence-corrected chi connectivity index (χ2v) is 7.82. The lowest BCUT2D eigenvalue weighted by atomic mass is 9.80. The molecule has 1 saturated heterocycles. The third-order valence-electron chi connectivity index (χ3n) is 5.29. The van der Waals surface area contributed by atoms with Crippen LogP contribution in [-0.2, 0) is 14.3 Å². The molecule has 0 radical (unpaired) electrons. The maximum atomic E-state index is 12.9. The Hall–Kier alpha value is -2.08. The Bertz CT molecular complexity index is 683. The fourth-order valence-electron chi connectivity index (χ4n) is 3.55. The van der Waals surface area contributed by atoms with Gasteiger partial charge in [-0.15, -0.1) is 0 Å². The molecular formula is C21H31NO5. The van der Waals surface area contributed by atoms with Gasteiger partial charge in [0.1, 0.15) is 11.2 Å². The Balaban J connectivity index is 2.13. The van der Waals surface area contributed by atoms with E-state index in [1.807, 2.05) is 19.1 Å². The number of amides is 1. The lowest BCUT2D eigenvalue weighted by molar-refractivity contribution is -0.160. The van der Waals surface area contributed by atoms with Crippen LogP contribution in [0.4, 0.5) is 0 Å². The van der Waals surface area contributed by atoms with Crippen molar-refractivity contribution in [3.05, 3.63) is 29.3 Å². The first-order valence-corrected chi connectivity index (χ1v) is 9.48. The molecule has 2 atom stereocenters. The van der Waals surface area contributed by atoms with Crippen molar-refractivity contribution in [3.63, 3.8) is 0 Å². The van der Waals surface area contributed by atoms with E-state index in [9.17, 15) is 14.7 Å². The molecule has 1 heterocycles. The second-order valence-electron chi connectivity index (χ2n) is 7.82. The van der Waals surface area contributed by atoms with Crippen LogP contribution in [0.2, 0.25) is 0 Å². The predicted molar refractivity (Wildman–Crippen MR) is 103 cm³/mol. The van der Waals surface area contributed by atoms with Gasteiger partial charge < -0.3 is 19.5 Å². The van der Waals surface area contributed by atoms with Crippen LogP contribution in [0.5, 0.6) is 5.75 Å². The zero-order chi connectivity index (χ0) is 20.2. The van der Waals surface area contributed by atoms with Crippen LogP contribution in [0.15, 0.2) is 18.2 Å². The summed E-state index contributed by atoms with van der Waals surface area (Å²) in [6.07, 6.45) is 0.457. The fourth-order valence-corrected chi connectivity index (χ4v) is 3.55. The number of carboxylic acid groups (broad SMARTS) is 1. The molecule has 1 fully saturated rings. The van der Waals surface area contributed by atoms with Gasteiger partial charge in [-0.05, 0) is 49.8 Å². The van der Waals surface area contributed by atoms with E-state index in [1.54, 1.807) is 11.8 Å². The Morgan fingerprint density at radius 1 is 1.30 bits per heavy atom. The molecule has 2 rings (SSSR count). The highest BCUT2D eigenvalue weighted by Gasteiger charge is 2.44. The number of methoxy groups -OCH3 is 1. The molecule has 6 heteroatoms. The molecule has 27 heavy (non-hydrogen) atoms. The van der Waals surface area contributed by atoms with Crippen molar-refractivity contribution in [3.8, 4) is 5.75 Å². The summed E-state index contributed by atoms with van der Waals surface area (Å²) in [6, 6.07) is 6.04. The minimum atomic E-state index is -1.05. The molecule has 1 aliphatic rings. The van der Waals surface area contributed by atoms with Crippen molar-refractivity contribution in [2.24, 2.45) is 5.41 Å². The van der Waals surface area contributed by atoms with E-state index in [0.29, 0.717) is 31.1 Å². The van der Waals surface area contributed by atoms with Gasteiger partial charge in [-0.3, -0.25) is 9.59 Å². The minimum Gasteiger partial charge on any atom is -0.481 e. The summed E-state index contributed by atoms with van der Waals surface area (Å²) in [6.45, 7) is 8.67. The molecule has 150 valence electrons. The molecule has 0 aliphatic carbocycles. The number of carbonyl (C=O) groups excluding carboxylic acids is 1. The molecule has 1 aliphatic heterocycles. The number of piperidine rings is 1. The van der Waals surface area contributed by atoms with Gasteiger partial charge in [0, 0.05) is 20.2 Å². The van der Waals surface area contributed by atoms with E-state index >= 15 is 0 Å². The zero-order valence-corrected chi connectivity index (χ0v) is 16.9. The van der Waals surface area contributed by atoms with Crippen molar-refractivity contribution in [1.29, 1.82) is 0 Å². The number of rotatable bonds is 7. The maximum Gasteiger partial charge on any atom is 0.313 e. The topological polar surface area (TPSA) is 76.1 Å². The smallest absolute Gasteiger partial charge is 0.313 e. The summed E-state index contributed by atoms with van der Waals surface area (Å²) in [5, 5.41) is 9.66. The van der Waals surface area contributed by atoms with Gasteiger partial charge in [-0.2, -0.15) is 0 Å². The summed E-state index contributed by atoms with van der Waals surface area (Å²) in [7, 11) is 1.49. The number of nitrogens with zero attached hydrogens (tertiary/aromatic N) is 1. The summed E-state index contributed by atoms with van der Waals surface area (Å²) < 4.78 is 11.1. The van der Waals surface area contributed by atoms with E-state index in [1.165, 1.54) is 7.11 Å². The quantitative estimate of drug-likeness (QED) is 0.789. The number of carbonyl (C=O) groups is 2. The predicted octanol–water partition coefficient (Wildman–Crippen LogP) is 3.23. The van der Waals surface area contributed by atoms with Crippen molar-refractivity contribution in [2.45, 2.75) is 52.6 Å². The minimum absolute atomic E-state index is 0.0941. The van der Waals surface area contributed by atoms with E-state index in [4.69, 9.17) is 9.47 Å². The first kappa shape index (κ1) is 21.2. The number of ether oxygens (including phenoxy) is 2. The monoisotopic (exact) mass is 377 g/mol. The first-order valence-electron chi connectivity index (χ1n) is 9.48. The molecule has 0 saturated carbocycles. The largest absolute Gasteiger partial charge is 0.481 e. The molecule has 6 nitrogen and oxygen atoms in total. The number of hydrogen-bond donors (Lipinski definition) is 1. The number of likely N-dealkylation sites (tertiary alicyclic amines) is 1. The molecule has 1 amide bonds. The molecule has 1 aromatic carbocycles. The van der Waals surface area contributed by atoms with Crippen LogP contribution in [0.25, 0.3) is 0 Å². The molecule has 0 bridgehead atoms. The Morgan fingerprint density at radius 2 is 2.00 bits per heavy atom. The third-order valence-corrected chi connectivity index (χ3v) is 5.29. The fraction of sp³-hybridized carbons (Fsp3) is 0.619. The van der Waals surface area contributed by atoms with E-state index in [-0.39, 0.29) is 19.1 Å². The molecule has 0 aromatic heterocycles. The molecule has 1 N–H and O–H groups in total. The Kier molecular flexibility index (Phi) is 6.87. The van der Waals surface area contributed by atoms with Crippen LogP contribution in [0.1, 0.15) is 50.7 Å². The summed E-state index contributed by atoms with van der Waals surface area (Å²) in [5.41, 5.74) is 1.07. The number of aryl methyl sites for hydroxylation is 1. The van der Waals surface area contributed by atoms with E-state index in [2.05, 4.69) is 19.9 Å². The van der Waals surface area contributed by atoms with Gasteiger partial charge in [-0.1, -0.05) is 26.0 Å². The highest BCUT2D eigenvalue weighted by molar-refractivity contribution is 5.83. The van der Waals surface area contributed by atoms with Gasteiger partial charge >= 0.3 is 5.97 Å². The van der Waals surface area contributed by atoms with Crippen LogP contribution in [-0.4, -0.2) is 54.8 Å². The lowest BCUT2D eigenvalue weighted by Crippen LogP contribution is -2.54. The number of hydrogen-bond acceptors (Lipinski definition) is 4. The first-order chi connectivity index (χ1) is 12.7. The van der Waals surface area contributed by atoms with Gasteiger partial charge in [0.15, 0.2) is 6.10 Å². The normalized spacial score (nSPS) is 21.2. The van der Waals surface area contributed by atoms with Crippen molar-refractivity contribution in [2.75, 3.05) is 26.8 Å². The van der Waals surface area contributed by atoms with Crippen LogP contribution in [0.3, 0.4) is 0 Å². The van der Waals surface area contributed by atoms with Crippen molar-refractivity contribution in [1.82, 2.24) is 4.90 Å². The number of benzene rings is 1. The SMILES string of the molecule is COCC1(C(=O)O)CCCN(C(=O)C(C)Oc2cc(C(C)C)ccc2C)C1. The third kappa shape index (κ3) is 4.80. The van der Waals surface area contributed by atoms with Gasteiger partial charge in [0.05, 0.1) is 6.61 Å². The molecule has 1 aromatic rings. The van der Waals surface area contributed by atoms with E-state index < -0.39 is 17.5 Å². The van der Waals surface area contributed by atoms with Crippen LogP contribution >= 0.6 is 0 Å². The van der Waals surface area contributed by atoms with E-state index in [0.717, 1.165) is 11.1 Å². The highest BCUT2D eigenvalue weighted by atomic mass is 16.5. The summed E-state index contributed by atoms with van der Waals surface area (Å²) >= 11 is 0. The standard InChI is InChI=1S/C21H31NO5/c1-14(2)17-8-7-15(3)18(11-17)27-16(4)19(23)22-10-6-9-21(12-22,13-26-5)20(24)25/h7-8,11,14,16H,6,9-10,12-13H2,1-5H3,(H,24,25). The van der Waals surface area contributed by atoms with Crippen molar-refractivity contribution < 1.29 is 24.2 Å². The number of aliphatic carboxylic acids is 1. The Morgan fingerprint density at radius 3 is 2.59 bits per heavy atom. The zero-order valence-electron chi connectivity index (χ0n) is 16.9. The van der Waals surface area contributed by atoms with Crippen LogP contribution < -0.4 is 4.74 Å². The maximum absolute atomic E-state index is 12.9. The molecular weight excluding hydrogens is 346 g/mol. The van der Waals surface area contributed by atoms with Gasteiger partial charge in [0.2, 0.25) is 0 Å². The average Bonchev–Trinajstić information content (AvgIpc) is 2.63. The lowest BCUT2D eigenvalue weighted by Gasteiger charge is -2.40. The Labute approximate surface area is 161 Å². The van der Waals surface area contributed by atoms with Gasteiger partial charge in [-0.25, -0.2) is 0 Å². The number of carboxylic acids is 1. The summed E-state index contributed by atoms with van der Waals surface area (Å²) in [5.74, 6) is -0.0478.